The maximum atomic E-state index is 10.1. The van der Waals surface area contributed by atoms with Gasteiger partial charge in [0.15, 0.2) is 0 Å². The molecule has 0 bridgehead atoms. The van der Waals surface area contributed by atoms with E-state index in [4.69, 9.17) is 0 Å². The largest absolute Gasteiger partial charge is 0.507 e. The molecular formula is C19H17NO2. The molecule has 0 saturated carbocycles. The van der Waals surface area contributed by atoms with E-state index in [0.29, 0.717) is 11.3 Å². The fraction of sp³-hybridized carbons (Fsp3) is 0.105. The minimum absolute atomic E-state index is 0.168. The number of nitrogens with zero attached hydrogens (tertiary/aromatic N) is 1. The molecule has 0 aliphatic carbocycles. The van der Waals surface area contributed by atoms with E-state index in [9.17, 15) is 10.2 Å². The Morgan fingerprint density at radius 2 is 1.73 bits per heavy atom. The summed E-state index contributed by atoms with van der Waals surface area (Å²) < 4.78 is 0. The predicted molar refractivity (Wildman–Crippen MR) is 90.4 cm³/mol. The van der Waals surface area contributed by atoms with Gasteiger partial charge in [-0.25, -0.2) is 0 Å². The van der Waals surface area contributed by atoms with E-state index in [1.54, 1.807) is 12.3 Å². The van der Waals surface area contributed by atoms with Crippen LogP contribution >= 0.6 is 0 Å². The smallest absolute Gasteiger partial charge is 0.144 e. The Hall–Kier alpha value is -2.81. The number of hydrogen-bond acceptors (Lipinski definition) is 3. The minimum Gasteiger partial charge on any atom is -0.507 e. The van der Waals surface area contributed by atoms with Crippen LogP contribution in [0.15, 0.2) is 53.5 Å². The fourth-order valence-corrected chi connectivity index (χ4v) is 2.59. The molecule has 0 fully saturated rings. The zero-order chi connectivity index (χ0) is 15.7. The van der Waals surface area contributed by atoms with E-state index in [0.717, 1.165) is 21.9 Å². The number of benzene rings is 3. The Morgan fingerprint density at radius 1 is 0.955 bits per heavy atom. The van der Waals surface area contributed by atoms with Crippen LogP contribution in [0.2, 0.25) is 0 Å². The van der Waals surface area contributed by atoms with Gasteiger partial charge >= 0.3 is 0 Å². The average Bonchev–Trinajstić information content (AvgIpc) is 2.50. The van der Waals surface area contributed by atoms with Crippen molar-refractivity contribution in [3.63, 3.8) is 0 Å². The van der Waals surface area contributed by atoms with Crippen LogP contribution < -0.4 is 0 Å². The number of aromatic hydroxyl groups is 2. The number of aliphatic imine (C=N–C) groups is 1. The number of fused-ring (bicyclic) bond motifs is 1. The molecule has 0 aliphatic heterocycles. The van der Waals surface area contributed by atoms with E-state index < -0.39 is 0 Å². The van der Waals surface area contributed by atoms with Gasteiger partial charge < -0.3 is 10.2 Å². The highest BCUT2D eigenvalue weighted by Crippen LogP contribution is 2.32. The Balaban J connectivity index is 2.12. The highest BCUT2D eigenvalue weighted by molar-refractivity contribution is 6.03. The molecule has 3 heteroatoms. The van der Waals surface area contributed by atoms with Gasteiger partial charge in [0.25, 0.3) is 0 Å². The van der Waals surface area contributed by atoms with Crippen LogP contribution in [0.3, 0.4) is 0 Å². The zero-order valence-corrected chi connectivity index (χ0v) is 12.5. The minimum atomic E-state index is 0.168. The van der Waals surface area contributed by atoms with Gasteiger partial charge in [-0.05, 0) is 47.9 Å². The highest BCUT2D eigenvalue weighted by atomic mass is 16.3. The number of phenols is 2. The van der Waals surface area contributed by atoms with Crippen LogP contribution in [0.1, 0.15) is 16.7 Å². The van der Waals surface area contributed by atoms with Gasteiger partial charge in [0, 0.05) is 11.8 Å². The topological polar surface area (TPSA) is 52.8 Å². The molecule has 0 atom stereocenters. The van der Waals surface area contributed by atoms with Crippen molar-refractivity contribution in [3.05, 3.63) is 65.2 Å². The molecule has 3 aromatic rings. The second-order valence-electron chi connectivity index (χ2n) is 5.43. The lowest BCUT2D eigenvalue weighted by Gasteiger charge is -2.06. The first kappa shape index (κ1) is 14.1. The molecule has 0 amide bonds. The molecule has 0 radical (unpaired) electrons. The van der Waals surface area contributed by atoms with Crippen LogP contribution in [0, 0.1) is 13.8 Å². The SMILES string of the molecule is Cc1cc(C)c(O)c(N=Cc2c(O)ccc3ccccc23)c1. The fourth-order valence-electron chi connectivity index (χ4n) is 2.59. The average molecular weight is 291 g/mol. The molecule has 110 valence electrons. The van der Waals surface area contributed by atoms with E-state index in [2.05, 4.69) is 4.99 Å². The lowest BCUT2D eigenvalue weighted by atomic mass is 10.0. The standard InChI is InChI=1S/C19H17NO2/c1-12-9-13(2)19(22)17(10-12)20-11-16-15-6-4-3-5-14(15)7-8-18(16)21/h3-11,21-22H,1-2H3. The summed E-state index contributed by atoms with van der Waals surface area (Å²) in [5, 5.41) is 22.2. The summed E-state index contributed by atoms with van der Waals surface area (Å²) >= 11 is 0. The maximum Gasteiger partial charge on any atom is 0.144 e. The first-order valence-electron chi connectivity index (χ1n) is 7.11. The summed E-state index contributed by atoms with van der Waals surface area (Å²) in [5.41, 5.74) is 2.97. The summed E-state index contributed by atoms with van der Waals surface area (Å²) in [6.45, 7) is 3.80. The molecule has 0 heterocycles. The lowest BCUT2D eigenvalue weighted by Crippen LogP contribution is -1.86. The normalized spacial score (nSPS) is 11.4. The van der Waals surface area contributed by atoms with Crippen molar-refractivity contribution in [1.29, 1.82) is 0 Å². The Bertz CT molecular complexity index is 882. The molecule has 22 heavy (non-hydrogen) atoms. The monoisotopic (exact) mass is 291 g/mol. The summed E-state index contributed by atoms with van der Waals surface area (Å²) in [4.78, 5) is 4.37. The Kier molecular flexibility index (Phi) is 3.55. The summed E-state index contributed by atoms with van der Waals surface area (Å²) in [7, 11) is 0. The second-order valence-corrected chi connectivity index (χ2v) is 5.43. The van der Waals surface area contributed by atoms with E-state index in [1.807, 2.05) is 56.3 Å². The van der Waals surface area contributed by atoms with Crippen molar-refractivity contribution >= 4 is 22.7 Å². The number of phenolic OH excluding ortho intramolecular Hbond substituents is 2. The van der Waals surface area contributed by atoms with Crippen LogP contribution in [-0.2, 0) is 0 Å². The quantitative estimate of drug-likeness (QED) is 0.677. The van der Waals surface area contributed by atoms with Crippen LogP contribution in [-0.4, -0.2) is 16.4 Å². The lowest BCUT2D eigenvalue weighted by molar-refractivity contribution is 0.472. The van der Waals surface area contributed by atoms with Gasteiger partial charge in [0.2, 0.25) is 0 Å². The molecule has 0 spiro atoms. The van der Waals surface area contributed by atoms with Gasteiger partial charge in [0.05, 0.1) is 0 Å². The van der Waals surface area contributed by atoms with Gasteiger partial charge in [-0.3, -0.25) is 4.99 Å². The van der Waals surface area contributed by atoms with Crippen molar-refractivity contribution in [2.45, 2.75) is 13.8 Å². The third-order valence-corrected chi connectivity index (χ3v) is 3.71. The van der Waals surface area contributed by atoms with Crippen LogP contribution in [0.25, 0.3) is 10.8 Å². The maximum absolute atomic E-state index is 10.1. The number of aryl methyl sites for hydroxylation is 2. The van der Waals surface area contributed by atoms with Crippen molar-refractivity contribution in [1.82, 2.24) is 0 Å². The molecule has 0 unspecified atom stereocenters. The van der Waals surface area contributed by atoms with E-state index in [1.165, 1.54) is 0 Å². The summed E-state index contributed by atoms with van der Waals surface area (Å²) in [5.74, 6) is 0.341. The van der Waals surface area contributed by atoms with Crippen LogP contribution in [0.5, 0.6) is 11.5 Å². The van der Waals surface area contributed by atoms with Crippen LogP contribution in [0.4, 0.5) is 5.69 Å². The van der Waals surface area contributed by atoms with Gasteiger partial charge in [-0.15, -0.1) is 0 Å². The first-order chi connectivity index (χ1) is 10.6. The second kappa shape index (κ2) is 5.53. The van der Waals surface area contributed by atoms with Crippen molar-refractivity contribution < 1.29 is 10.2 Å². The number of hydrogen-bond donors (Lipinski definition) is 2. The third-order valence-electron chi connectivity index (χ3n) is 3.71. The Labute approximate surface area is 129 Å². The summed E-state index contributed by atoms with van der Waals surface area (Å²) in [6, 6.07) is 15.1. The molecule has 0 aliphatic rings. The molecule has 3 rings (SSSR count). The van der Waals surface area contributed by atoms with E-state index >= 15 is 0 Å². The molecule has 0 aromatic heterocycles. The van der Waals surface area contributed by atoms with Gasteiger partial charge in [-0.2, -0.15) is 0 Å². The van der Waals surface area contributed by atoms with Crippen molar-refractivity contribution in [3.8, 4) is 11.5 Å². The van der Waals surface area contributed by atoms with Gasteiger partial charge in [0.1, 0.15) is 17.2 Å². The molecule has 3 nitrogen and oxygen atoms in total. The zero-order valence-electron chi connectivity index (χ0n) is 12.5. The van der Waals surface area contributed by atoms with Gasteiger partial charge in [-0.1, -0.05) is 36.4 Å². The van der Waals surface area contributed by atoms with Crippen molar-refractivity contribution in [2.24, 2.45) is 4.99 Å². The summed E-state index contributed by atoms with van der Waals surface area (Å²) in [6.07, 6.45) is 1.60. The van der Waals surface area contributed by atoms with E-state index in [-0.39, 0.29) is 11.5 Å². The van der Waals surface area contributed by atoms with Crippen molar-refractivity contribution in [2.75, 3.05) is 0 Å². The third kappa shape index (κ3) is 2.53. The predicted octanol–water partition coefficient (Wildman–Crippen LogP) is 4.62. The molecule has 3 aromatic carbocycles. The Morgan fingerprint density at radius 3 is 2.55 bits per heavy atom. The molecular weight excluding hydrogens is 274 g/mol. The molecule has 0 saturated heterocycles. The first-order valence-corrected chi connectivity index (χ1v) is 7.11. The number of rotatable bonds is 2. The molecule has 2 N–H and O–H groups in total. The highest BCUT2D eigenvalue weighted by Gasteiger charge is 2.07.